The molecule has 0 aliphatic carbocycles. The zero-order valence-corrected chi connectivity index (χ0v) is 13.9. The maximum Gasteiger partial charge on any atom is 0.324 e. The first kappa shape index (κ1) is 17.7. The molecule has 118 valence electrons. The molecule has 1 rings (SSSR count). The Morgan fingerprint density at radius 2 is 1.71 bits per heavy atom. The third-order valence-corrected chi connectivity index (χ3v) is 5.46. The number of rotatable bonds is 7. The summed E-state index contributed by atoms with van der Waals surface area (Å²) in [6.07, 6.45) is 0.875. The van der Waals surface area contributed by atoms with Crippen LogP contribution in [0.2, 0.25) is 0 Å². The topological polar surface area (TPSA) is 60.4 Å². The van der Waals surface area contributed by atoms with Crippen LogP contribution in [0.15, 0.2) is 29.2 Å². The molecule has 1 atom stereocenters. The van der Waals surface area contributed by atoms with Gasteiger partial charge in [-0.15, -0.1) is 0 Å². The summed E-state index contributed by atoms with van der Waals surface area (Å²) in [6.45, 7) is 7.79. The van der Waals surface area contributed by atoms with Crippen LogP contribution in [0.25, 0.3) is 0 Å². The van der Waals surface area contributed by atoms with E-state index in [1.807, 2.05) is 20.8 Å². The van der Waals surface area contributed by atoms with E-state index in [2.05, 4.69) is 0 Å². The van der Waals surface area contributed by atoms with Gasteiger partial charge in [-0.2, -0.15) is 0 Å². The first-order valence-corrected chi connectivity index (χ1v) is 8.89. The lowest BCUT2D eigenvalue weighted by Crippen LogP contribution is -2.32. The van der Waals surface area contributed by atoms with Crippen molar-refractivity contribution < 1.29 is 17.9 Å². The van der Waals surface area contributed by atoms with Crippen LogP contribution in [0.3, 0.4) is 0 Å². The molecule has 0 bridgehead atoms. The SMILES string of the molecule is CCCC(C(=O)OCC)S(=O)(=O)c1ccc(C(C)C)cc1. The van der Waals surface area contributed by atoms with E-state index in [0.717, 1.165) is 5.56 Å². The minimum atomic E-state index is -3.70. The highest BCUT2D eigenvalue weighted by atomic mass is 32.2. The maximum absolute atomic E-state index is 12.6. The summed E-state index contributed by atoms with van der Waals surface area (Å²) in [5, 5.41) is -1.12. The average molecular weight is 312 g/mol. The summed E-state index contributed by atoms with van der Waals surface area (Å²) >= 11 is 0. The number of hydrogen-bond acceptors (Lipinski definition) is 4. The molecule has 4 nitrogen and oxygen atoms in total. The van der Waals surface area contributed by atoms with Crippen LogP contribution in [0.1, 0.15) is 52.0 Å². The van der Waals surface area contributed by atoms with Crippen molar-refractivity contribution >= 4 is 15.8 Å². The van der Waals surface area contributed by atoms with E-state index in [1.54, 1.807) is 31.2 Å². The lowest BCUT2D eigenvalue weighted by atomic mass is 10.0. The van der Waals surface area contributed by atoms with Gasteiger partial charge in [0.05, 0.1) is 11.5 Å². The van der Waals surface area contributed by atoms with E-state index in [-0.39, 0.29) is 17.9 Å². The molecule has 0 amide bonds. The smallest absolute Gasteiger partial charge is 0.324 e. The Morgan fingerprint density at radius 3 is 2.14 bits per heavy atom. The van der Waals surface area contributed by atoms with E-state index in [9.17, 15) is 13.2 Å². The molecular formula is C16H24O4S. The number of sulfone groups is 1. The van der Waals surface area contributed by atoms with Gasteiger partial charge < -0.3 is 4.74 Å². The second-order valence-electron chi connectivity index (χ2n) is 5.30. The van der Waals surface area contributed by atoms with Crippen molar-refractivity contribution in [2.45, 2.75) is 56.6 Å². The quantitative estimate of drug-likeness (QED) is 0.725. The number of ether oxygens (including phenoxy) is 1. The molecule has 0 spiro atoms. The molecular weight excluding hydrogens is 288 g/mol. The number of benzene rings is 1. The van der Waals surface area contributed by atoms with Crippen LogP contribution < -0.4 is 0 Å². The van der Waals surface area contributed by atoms with Gasteiger partial charge in [0.1, 0.15) is 0 Å². The van der Waals surface area contributed by atoms with E-state index < -0.39 is 21.1 Å². The van der Waals surface area contributed by atoms with Gasteiger partial charge in [0.25, 0.3) is 0 Å². The molecule has 0 aromatic heterocycles. The molecule has 0 heterocycles. The van der Waals surface area contributed by atoms with Crippen molar-refractivity contribution in [3.63, 3.8) is 0 Å². The molecule has 1 aromatic rings. The second-order valence-corrected chi connectivity index (χ2v) is 7.43. The highest BCUT2D eigenvalue weighted by Crippen LogP contribution is 2.23. The van der Waals surface area contributed by atoms with Gasteiger partial charge in [-0.25, -0.2) is 8.42 Å². The van der Waals surface area contributed by atoms with Crippen LogP contribution >= 0.6 is 0 Å². The zero-order valence-electron chi connectivity index (χ0n) is 13.1. The molecule has 0 fully saturated rings. The number of carbonyl (C=O) groups excluding carboxylic acids is 1. The average Bonchev–Trinajstić information content (AvgIpc) is 2.44. The summed E-state index contributed by atoms with van der Waals surface area (Å²) in [5.41, 5.74) is 1.07. The fourth-order valence-corrected chi connectivity index (χ4v) is 3.82. The highest BCUT2D eigenvalue weighted by molar-refractivity contribution is 7.92. The lowest BCUT2D eigenvalue weighted by molar-refractivity contribution is -0.142. The van der Waals surface area contributed by atoms with Gasteiger partial charge in [0.2, 0.25) is 0 Å². The molecule has 21 heavy (non-hydrogen) atoms. The zero-order chi connectivity index (χ0) is 16.0. The maximum atomic E-state index is 12.6. The standard InChI is InChI=1S/C16H24O4S/c1-5-7-15(16(17)20-6-2)21(18,19)14-10-8-13(9-11-14)12(3)4/h8-12,15H,5-7H2,1-4H3. The third kappa shape index (κ3) is 4.30. The van der Waals surface area contributed by atoms with E-state index in [1.165, 1.54) is 0 Å². The normalized spacial score (nSPS) is 13.2. The molecule has 1 unspecified atom stereocenters. The predicted molar refractivity (Wildman–Crippen MR) is 83.0 cm³/mol. The highest BCUT2D eigenvalue weighted by Gasteiger charge is 2.34. The Labute approximate surface area is 127 Å². The van der Waals surface area contributed by atoms with Crippen molar-refractivity contribution in [1.29, 1.82) is 0 Å². The van der Waals surface area contributed by atoms with Crippen LogP contribution in [-0.4, -0.2) is 26.2 Å². The van der Waals surface area contributed by atoms with Crippen molar-refractivity contribution in [2.75, 3.05) is 6.61 Å². The summed E-state index contributed by atoms with van der Waals surface area (Å²) in [7, 11) is -3.70. The Bertz CT molecular complexity index is 558. The minimum Gasteiger partial charge on any atom is -0.465 e. The fraction of sp³-hybridized carbons (Fsp3) is 0.562. The van der Waals surface area contributed by atoms with Crippen LogP contribution in [0.4, 0.5) is 0 Å². The van der Waals surface area contributed by atoms with Crippen molar-refractivity contribution in [3.05, 3.63) is 29.8 Å². The first-order valence-electron chi connectivity index (χ1n) is 7.35. The molecule has 0 aliphatic rings. The van der Waals surface area contributed by atoms with E-state index in [0.29, 0.717) is 12.3 Å². The van der Waals surface area contributed by atoms with E-state index in [4.69, 9.17) is 4.74 Å². The van der Waals surface area contributed by atoms with Crippen LogP contribution in [0, 0.1) is 0 Å². The summed E-state index contributed by atoms with van der Waals surface area (Å²) in [4.78, 5) is 12.1. The second kappa shape index (κ2) is 7.59. The van der Waals surface area contributed by atoms with Crippen molar-refractivity contribution in [1.82, 2.24) is 0 Å². The Hall–Kier alpha value is -1.36. The monoisotopic (exact) mass is 312 g/mol. The van der Waals surface area contributed by atoms with Crippen molar-refractivity contribution in [2.24, 2.45) is 0 Å². The van der Waals surface area contributed by atoms with Gasteiger partial charge in [-0.1, -0.05) is 39.3 Å². The number of carbonyl (C=O) groups is 1. The largest absolute Gasteiger partial charge is 0.465 e. The summed E-state index contributed by atoms with van der Waals surface area (Å²) < 4.78 is 30.1. The number of esters is 1. The first-order chi connectivity index (χ1) is 9.84. The molecule has 0 saturated carbocycles. The molecule has 0 aliphatic heterocycles. The Morgan fingerprint density at radius 1 is 1.14 bits per heavy atom. The van der Waals surface area contributed by atoms with Crippen LogP contribution in [0.5, 0.6) is 0 Å². The van der Waals surface area contributed by atoms with Gasteiger partial charge >= 0.3 is 5.97 Å². The van der Waals surface area contributed by atoms with Gasteiger partial charge in [-0.05, 0) is 37.0 Å². The molecule has 0 radical (unpaired) electrons. The lowest BCUT2D eigenvalue weighted by Gasteiger charge is -2.16. The van der Waals surface area contributed by atoms with Crippen LogP contribution in [-0.2, 0) is 19.4 Å². The molecule has 0 N–H and O–H groups in total. The Kier molecular flexibility index (Phi) is 6.40. The van der Waals surface area contributed by atoms with Gasteiger partial charge in [0.15, 0.2) is 15.1 Å². The van der Waals surface area contributed by atoms with Gasteiger partial charge in [0, 0.05) is 0 Å². The predicted octanol–water partition coefficient (Wildman–Crippen LogP) is 3.32. The van der Waals surface area contributed by atoms with Gasteiger partial charge in [-0.3, -0.25) is 4.79 Å². The van der Waals surface area contributed by atoms with Crippen molar-refractivity contribution in [3.8, 4) is 0 Å². The Balaban J connectivity index is 3.13. The van der Waals surface area contributed by atoms with E-state index >= 15 is 0 Å². The third-order valence-electron chi connectivity index (χ3n) is 3.35. The summed E-state index contributed by atoms with van der Waals surface area (Å²) in [5.74, 6) is -0.328. The summed E-state index contributed by atoms with van der Waals surface area (Å²) in [6, 6.07) is 6.75. The molecule has 5 heteroatoms. The molecule has 0 saturated heterocycles. The number of hydrogen-bond donors (Lipinski definition) is 0. The fourth-order valence-electron chi connectivity index (χ4n) is 2.10. The minimum absolute atomic E-state index is 0.179. The molecule has 1 aromatic carbocycles.